The monoisotopic (exact) mass is 269 g/mol. The molecule has 0 radical (unpaired) electrons. The van der Waals surface area contributed by atoms with Crippen LogP contribution in [0.25, 0.3) is 0 Å². The first-order valence-corrected chi connectivity index (χ1v) is 6.80. The molecule has 0 fully saturated rings. The first kappa shape index (κ1) is 14.3. The second kappa shape index (κ2) is 7.46. The minimum atomic E-state index is -0.0792. The van der Waals surface area contributed by atoms with E-state index in [-0.39, 0.29) is 18.4 Å². The summed E-state index contributed by atoms with van der Waals surface area (Å²) in [4.78, 5) is 12.0. The van der Waals surface area contributed by atoms with Crippen molar-refractivity contribution in [2.75, 3.05) is 13.2 Å². The van der Waals surface area contributed by atoms with Crippen molar-refractivity contribution in [3.8, 4) is 0 Å². The van der Waals surface area contributed by atoms with Crippen LogP contribution >= 0.6 is 0 Å². The van der Waals surface area contributed by atoms with E-state index >= 15 is 0 Å². The Morgan fingerprint density at radius 2 is 1.60 bits per heavy atom. The smallest absolute Gasteiger partial charge is 0.251 e. The van der Waals surface area contributed by atoms with Crippen molar-refractivity contribution in [2.24, 2.45) is 0 Å². The molecule has 2 aromatic carbocycles. The van der Waals surface area contributed by atoms with E-state index in [1.165, 1.54) is 0 Å². The van der Waals surface area contributed by atoms with Gasteiger partial charge in [-0.1, -0.05) is 48.5 Å². The summed E-state index contributed by atoms with van der Waals surface area (Å²) in [6.45, 7) is 0.638. The molecule has 1 amide bonds. The number of aliphatic hydroxyl groups excluding tert-OH is 1. The molecule has 0 aliphatic heterocycles. The van der Waals surface area contributed by atoms with Crippen LogP contribution in [-0.2, 0) is 0 Å². The van der Waals surface area contributed by atoms with Crippen molar-refractivity contribution >= 4 is 5.91 Å². The minimum absolute atomic E-state index is 0.0792. The highest BCUT2D eigenvalue weighted by Crippen LogP contribution is 2.18. The van der Waals surface area contributed by atoms with Gasteiger partial charge < -0.3 is 10.4 Å². The lowest BCUT2D eigenvalue weighted by Gasteiger charge is -2.17. The summed E-state index contributed by atoms with van der Waals surface area (Å²) in [5, 5.41) is 12.1. The summed E-state index contributed by atoms with van der Waals surface area (Å²) in [6.07, 6.45) is 0.638. The van der Waals surface area contributed by atoms with Crippen molar-refractivity contribution in [3.63, 3.8) is 0 Å². The summed E-state index contributed by atoms with van der Waals surface area (Å²) in [5.41, 5.74) is 1.79. The first-order valence-electron chi connectivity index (χ1n) is 6.80. The maximum absolute atomic E-state index is 12.0. The SMILES string of the molecule is O=C(NCC(CCO)c1ccccc1)c1ccccc1. The van der Waals surface area contributed by atoms with E-state index in [0.29, 0.717) is 18.5 Å². The van der Waals surface area contributed by atoms with Gasteiger partial charge in [-0.25, -0.2) is 0 Å². The fraction of sp³-hybridized carbons (Fsp3) is 0.235. The van der Waals surface area contributed by atoms with E-state index in [9.17, 15) is 4.79 Å². The highest BCUT2D eigenvalue weighted by Gasteiger charge is 2.12. The highest BCUT2D eigenvalue weighted by atomic mass is 16.3. The van der Waals surface area contributed by atoms with Crippen LogP contribution in [0, 0.1) is 0 Å². The zero-order valence-electron chi connectivity index (χ0n) is 11.3. The summed E-state index contributed by atoms with van der Waals surface area (Å²) >= 11 is 0. The van der Waals surface area contributed by atoms with E-state index < -0.39 is 0 Å². The standard InChI is InChI=1S/C17H19NO2/c19-12-11-16(14-7-3-1-4-8-14)13-18-17(20)15-9-5-2-6-10-15/h1-10,16,19H,11-13H2,(H,18,20). The molecule has 0 saturated carbocycles. The highest BCUT2D eigenvalue weighted by molar-refractivity contribution is 5.94. The van der Waals surface area contributed by atoms with Crippen LogP contribution in [0.5, 0.6) is 0 Å². The minimum Gasteiger partial charge on any atom is -0.396 e. The van der Waals surface area contributed by atoms with Gasteiger partial charge in [0.1, 0.15) is 0 Å². The van der Waals surface area contributed by atoms with Crippen LogP contribution in [0.15, 0.2) is 60.7 Å². The number of rotatable bonds is 6. The molecule has 20 heavy (non-hydrogen) atoms. The Kier molecular flexibility index (Phi) is 5.33. The maximum Gasteiger partial charge on any atom is 0.251 e. The number of carbonyl (C=O) groups excluding carboxylic acids is 1. The third kappa shape index (κ3) is 3.93. The molecule has 3 nitrogen and oxygen atoms in total. The zero-order valence-corrected chi connectivity index (χ0v) is 11.3. The largest absolute Gasteiger partial charge is 0.396 e. The molecular weight excluding hydrogens is 250 g/mol. The van der Waals surface area contributed by atoms with E-state index in [1.54, 1.807) is 12.1 Å². The molecule has 0 saturated heterocycles. The molecule has 0 bridgehead atoms. The predicted octanol–water partition coefficient (Wildman–Crippen LogP) is 2.58. The van der Waals surface area contributed by atoms with Gasteiger partial charge in [-0.05, 0) is 24.1 Å². The number of hydrogen-bond acceptors (Lipinski definition) is 2. The Bertz CT molecular complexity index is 525. The van der Waals surface area contributed by atoms with Crippen molar-refractivity contribution in [1.82, 2.24) is 5.32 Å². The third-order valence-corrected chi connectivity index (χ3v) is 3.29. The Balaban J connectivity index is 1.98. The topological polar surface area (TPSA) is 49.3 Å². The van der Waals surface area contributed by atoms with Crippen molar-refractivity contribution < 1.29 is 9.90 Å². The van der Waals surface area contributed by atoms with Gasteiger partial charge in [-0.15, -0.1) is 0 Å². The molecule has 3 heteroatoms. The number of aliphatic hydroxyl groups is 1. The Labute approximate surface area is 119 Å². The summed E-state index contributed by atoms with van der Waals surface area (Å²) in [6, 6.07) is 19.1. The summed E-state index contributed by atoms with van der Waals surface area (Å²) < 4.78 is 0. The van der Waals surface area contributed by atoms with Crippen molar-refractivity contribution in [3.05, 3.63) is 71.8 Å². The quantitative estimate of drug-likeness (QED) is 0.847. The molecule has 0 aliphatic carbocycles. The second-order valence-corrected chi connectivity index (χ2v) is 4.70. The Morgan fingerprint density at radius 3 is 2.20 bits per heavy atom. The van der Waals surface area contributed by atoms with Gasteiger partial charge in [0.15, 0.2) is 0 Å². The van der Waals surface area contributed by atoms with Gasteiger partial charge in [0.25, 0.3) is 5.91 Å². The second-order valence-electron chi connectivity index (χ2n) is 4.70. The van der Waals surface area contributed by atoms with Gasteiger partial charge in [-0.2, -0.15) is 0 Å². The zero-order chi connectivity index (χ0) is 14.2. The molecule has 0 aliphatic rings. The van der Waals surface area contributed by atoms with Gasteiger partial charge in [0.05, 0.1) is 0 Å². The molecule has 1 atom stereocenters. The molecular formula is C17H19NO2. The molecule has 1 unspecified atom stereocenters. The lowest BCUT2D eigenvalue weighted by molar-refractivity contribution is 0.0949. The fourth-order valence-electron chi connectivity index (χ4n) is 2.18. The van der Waals surface area contributed by atoms with E-state index in [0.717, 1.165) is 5.56 Å². The molecule has 0 aromatic heterocycles. The molecule has 2 aromatic rings. The number of hydrogen-bond donors (Lipinski definition) is 2. The molecule has 2 rings (SSSR count). The van der Waals surface area contributed by atoms with E-state index in [2.05, 4.69) is 5.32 Å². The van der Waals surface area contributed by atoms with Crippen molar-refractivity contribution in [2.45, 2.75) is 12.3 Å². The number of nitrogens with one attached hydrogen (secondary N) is 1. The molecule has 2 N–H and O–H groups in total. The fourth-order valence-corrected chi connectivity index (χ4v) is 2.18. The summed E-state index contributed by atoms with van der Waals surface area (Å²) in [7, 11) is 0. The average Bonchev–Trinajstić information content (AvgIpc) is 2.53. The van der Waals surface area contributed by atoms with Gasteiger partial charge in [-0.3, -0.25) is 4.79 Å². The lowest BCUT2D eigenvalue weighted by Crippen LogP contribution is -2.28. The molecule has 104 valence electrons. The van der Waals surface area contributed by atoms with E-state index in [4.69, 9.17) is 5.11 Å². The first-order chi connectivity index (χ1) is 9.81. The van der Waals surface area contributed by atoms with Crippen LogP contribution in [0.3, 0.4) is 0 Å². The Hall–Kier alpha value is -2.13. The molecule has 0 heterocycles. The maximum atomic E-state index is 12.0. The normalized spacial score (nSPS) is 11.8. The van der Waals surface area contributed by atoms with Gasteiger partial charge >= 0.3 is 0 Å². The summed E-state index contributed by atoms with van der Waals surface area (Å²) in [5.74, 6) is 0.0540. The average molecular weight is 269 g/mol. The lowest BCUT2D eigenvalue weighted by atomic mass is 9.96. The van der Waals surface area contributed by atoms with Gasteiger partial charge in [0, 0.05) is 24.6 Å². The number of amides is 1. The Morgan fingerprint density at radius 1 is 1.00 bits per heavy atom. The predicted molar refractivity (Wildman–Crippen MR) is 79.7 cm³/mol. The number of carbonyl (C=O) groups is 1. The van der Waals surface area contributed by atoms with Crippen molar-refractivity contribution in [1.29, 1.82) is 0 Å². The van der Waals surface area contributed by atoms with Crippen LogP contribution in [-0.4, -0.2) is 24.2 Å². The van der Waals surface area contributed by atoms with Crippen LogP contribution in [0.2, 0.25) is 0 Å². The number of benzene rings is 2. The van der Waals surface area contributed by atoms with Gasteiger partial charge in [0.2, 0.25) is 0 Å². The van der Waals surface area contributed by atoms with Crippen LogP contribution < -0.4 is 5.32 Å². The van der Waals surface area contributed by atoms with E-state index in [1.807, 2.05) is 48.5 Å². The van der Waals surface area contributed by atoms with Crippen LogP contribution in [0.4, 0.5) is 0 Å². The van der Waals surface area contributed by atoms with Crippen LogP contribution in [0.1, 0.15) is 28.3 Å². The third-order valence-electron chi connectivity index (χ3n) is 3.29. The molecule has 0 spiro atoms.